The molecule has 2 aromatic rings. The van der Waals surface area contributed by atoms with Crippen LogP contribution in [0.15, 0.2) is 46.5 Å². The first-order valence-corrected chi connectivity index (χ1v) is 6.36. The lowest BCUT2D eigenvalue weighted by Gasteiger charge is -2.23. The third-order valence-corrected chi connectivity index (χ3v) is 3.48. The number of hydrogen-bond donors (Lipinski definition) is 0. The van der Waals surface area contributed by atoms with Gasteiger partial charge in [0.05, 0.1) is 24.0 Å². The van der Waals surface area contributed by atoms with Crippen molar-refractivity contribution in [2.75, 3.05) is 13.1 Å². The van der Waals surface area contributed by atoms with Gasteiger partial charge in [0.2, 0.25) is 0 Å². The second-order valence-corrected chi connectivity index (χ2v) is 4.65. The van der Waals surface area contributed by atoms with Crippen molar-refractivity contribution in [3.63, 3.8) is 0 Å². The molecule has 0 saturated carbocycles. The Balaban J connectivity index is 1.92. The van der Waals surface area contributed by atoms with Crippen molar-refractivity contribution in [1.82, 2.24) is 14.7 Å². The summed E-state index contributed by atoms with van der Waals surface area (Å²) >= 11 is 0. The van der Waals surface area contributed by atoms with Gasteiger partial charge in [-0.15, -0.1) is 0 Å². The topological polar surface area (TPSA) is 45.8 Å². The van der Waals surface area contributed by atoms with Crippen LogP contribution in [0.25, 0.3) is 5.69 Å². The molecule has 3 heterocycles. The van der Waals surface area contributed by atoms with Gasteiger partial charge in [0.15, 0.2) is 5.82 Å². The highest BCUT2D eigenvalue weighted by atomic mass is 15.4. The SMILES string of the molecule is CC1=Nc2c(cnn2-c2ccccc2)C2=NCCN12. The van der Waals surface area contributed by atoms with Crippen molar-refractivity contribution in [3.05, 3.63) is 42.1 Å². The number of amidine groups is 2. The molecule has 0 bridgehead atoms. The minimum atomic E-state index is 0.831. The Kier molecular flexibility index (Phi) is 2.09. The van der Waals surface area contributed by atoms with E-state index in [9.17, 15) is 0 Å². The summed E-state index contributed by atoms with van der Waals surface area (Å²) < 4.78 is 1.87. The van der Waals surface area contributed by atoms with Gasteiger partial charge in [0.1, 0.15) is 11.7 Å². The lowest BCUT2D eigenvalue weighted by atomic mass is 10.2. The van der Waals surface area contributed by atoms with E-state index in [1.54, 1.807) is 0 Å². The van der Waals surface area contributed by atoms with E-state index in [-0.39, 0.29) is 0 Å². The van der Waals surface area contributed by atoms with E-state index in [0.717, 1.165) is 41.8 Å². The van der Waals surface area contributed by atoms with Crippen molar-refractivity contribution in [2.24, 2.45) is 9.98 Å². The highest BCUT2D eigenvalue weighted by molar-refractivity contribution is 6.15. The first-order chi connectivity index (χ1) is 9.34. The lowest BCUT2D eigenvalue weighted by Crippen LogP contribution is -2.35. The first kappa shape index (κ1) is 10.5. The molecular weight excluding hydrogens is 238 g/mol. The van der Waals surface area contributed by atoms with Gasteiger partial charge in [0, 0.05) is 6.54 Å². The maximum atomic E-state index is 4.69. The molecule has 0 atom stereocenters. The fourth-order valence-electron chi connectivity index (χ4n) is 2.57. The Hall–Kier alpha value is -2.43. The van der Waals surface area contributed by atoms with Crippen LogP contribution in [0.2, 0.25) is 0 Å². The minimum Gasteiger partial charge on any atom is -0.312 e. The highest BCUT2D eigenvalue weighted by Crippen LogP contribution is 2.30. The van der Waals surface area contributed by atoms with Crippen LogP contribution in [0.4, 0.5) is 5.82 Å². The highest BCUT2D eigenvalue weighted by Gasteiger charge is 2.30. The fraction of sp³-hybridized carbons (Fsp3) is 0.214. The Bertz CT molecular complexity index is 696. The molecule has 2 aliphatic heterocycles. The predicted molar refractivity (Wildman–Crippen MR) is 74.4 cm³/mol. The Labute approximate surface area is 110 Å². The molecule has 0 aliphatic carbocycles. The van der Waals surface area contributed by atoms with Crippen molar-refractivity contribution < 1.29 is 0 Å². The van der Waals surface area contributed by atoms with Gasteiger partial charge in [-0.05, 0) is 19.1 Å². The second kappa shape index (κ2) is 3.78. The summed E-state index contributed by atoms with van der Waals surface area (Å²) in [5.74, 6) is 2.87. The van der Waals surface area contributed by atoms with Crippen LogP contribution >= 0.6 is 0 Å². The smallest absolute Gasteiger partial charge is 0.168 e. The number of para-hydroxylation sites is 1. The molecule has 1 aromatic heterocycles. The molecule has 0 unspecified atom stereocenters. The van der Waals surface area contributed by atoms with Crippen LogP contribution < -0.4 is 0 Å². The van der Waals surface area contributed by atoms with Gasteiger partial charge < -0.3 is 4.90 Å². The minimum absolute atomic E-state index is 0.831. The molecule has 0 N–H and O–H groups in total. The first-order valence-electron chi connectivity index (χ1n) is 6.36. The number of aromatic nitrogens is 2. The molecule has 2 aliphatic rings. The summed E-state index contributed by atoms with van der Waals surface area (Å²) in [6.45, 7) is 3.77. The molecular formula is C14H13N5. The number of fused-ring (bicyclic) bond motifs is 3. The third kappa shape index (κ3) is 1.44. The van der Waals surface area contributed by atoms with E-state index < -0.39 is 0 Å². The van der Waals surface area contributed by atoms with E-state index in [1.165, 1.54) is 0 Å². The Morgan fingerprint density at radius 1 is 1.16 bits per heavy atom. The summed E-state index contributed by atoms with van der Waals surface area (Å²) in [6, 6.07) is 10.1. The summed E-state index contributed by atoms with van der Waals surface area (Å²) in [4.78, 5) is 11.4. The van der Waals surface area contributed by atoms with E-state index in [2.05, 4.69) is 20.0 Å². The Morgan fingerprint density at radius 3 is 2.84 bits per heavy atom. The zero-order chi connectivity index (χ0) is 12.8. The molecule has 94 valence electrons. The molecule has 5 heteroatoms. The van der Waals surface area contributed by atoms with Crippen molar-refractivity contribution in [1.29, 1.82) is 0 Å². The van der Waals surface area contributed by atoms with Crippen LogP contribution in [0.3, 0.4) is 0 Å². The van der Waals surface area contributed by atoms with Crippen LogP contribution in [-0.4, -0.2) is 39.4 Å². The van der Waals surface area contributed by atoms with Crippen molar-refractivity contribution in [3.8, 4) is 5.69 Å². The number of nitrogens with zero attached hydrogens (tertiary/aromatic N) is 5. The summed E-state index contributed by atoms with van der Waals surface area (Å²) in [7, 11) is 0. The van der Waals surface area contributed by atoms with Crippen LogP contribution in [-0.2, 0) is 0 Å². The van der Waals surface area contributed by atoms with Gasteiger partial charge in [-0.3, -0.25) is 4.99 Å². The van der Waals surface area contributed by atoms with Gasteiger partial charge >= 0.3 is 0 Å². The molecule has 0 radical (unpaired) electrons. The lowest BCUT2D eigenvalue weighted by molar-refractivity contribution is 0.656. The van der Waals surface area contributed by atoms with Gasteiger partial charge in [-0.2, -0.15) is 5.10 Å². The zero-order valence-electron chi connectivity index (χ0n) is 10.6. The summed E-state index contributed by atoms with van der Waals surface area (Å²) in [5, 5.41) is 4.46. The van der Waals surface area contributed by atoms with Gasteiger partial charge in [-0.1, -0.05) is 18.2 Å². The van der Waals surface area contributed by atoms with Crippen LogP contribution in [0.5, 0.6) is 0 Å². The molecule has 0 spiro atoms. The number of aliphatic imine (C=N–C) groups is 2. The Morgan fingerprint density at radius 2 is 2.00 bits per heavy atom. The molecule has 0 amide bonds. The fourth-order valence-corrected chi connectivity index (χ4v) is 2.57. The standard InChI is InChI=1S/C14H13N5/c1-10-17-14-12(13-15-7-8-18(10)13)9-16-19(14)11-5-3-2-4-6-11/h2-6,9H,7-8H2,1H3. The number of rotatable bonds is 1. The molecule has 1 aromatic carbocycles. The second-order valence-electron chi connectivity index (χ2n) is 4.65. The molecule has 0 saturated heterocycles. The molecule has 4 rings (SSSR count). The predicted octanol–water partition coefficient (Wildman–Crippen LogP) is 2.00. The molecule has 0 fully saturated rings. The maximum absolute atomic E-state index is 4.69. The zero-order valence-corrected chi connectivity index (χ0v) is 10.6. The van der Waals surface area contributed by atoms with E-state index in [0.29, 0.717) is 0 Å². The quantitative estimate of drug-likeness (QED) is 0.778. The number of benzene rings is 1. The van der Waals surface area contributed by atoms with Gasteiger partial charge in [0.25, 0.3) is 0 Å². The monoisotopic (exact) mass is 251 g/mol. The molecule has 5 nitrogen and oxygen atoms in total. The average molecular weight is 251 g/mol. The summed E-state index contributed by atoms with van der Waals surface area (Å²) in [6.07, 6.45) is 1.86. The van der Waals surface area contributed by atoms with E-state index in [4.69, 9.17) is 0 Å². The molecule has 19 heavy (non-hydrogen) atoms. The van der Waals surface area contributed by atoms with Crippen LogP contribution in [0, 0.1) is 0 Å². The number of hydrogen-bond acceptors (Lipinski definition) is 4. The van der Waals surface area contributed by atoms with E-state index >= 15 is 0 Å². The van der Waals surface area contributed by atoms with Crippen molar-refractivity contribution in [2.45, 2.75) is 6.92 Å². The maximum Gasteiger partial charge on any atom is 0.168 e. The summed E-state index contributed by atoms with van der Waals surface area (Å²) in [5.41, 5.74) is 2.04. The largest absolute Gasteiger partial charge is 0.312 e. The van der Waals surface area contributed by atoms with Gasteiger partial charge in [-0.25, -0.2) is 9.67 Å². The van der Waals surface area contributed by atoms with E-state index in [1.807, 2.05) is 48.1 Å². The average Bonchev–Trinajstić information content (AvgIpc) is 3.05. The van der Waals surface area contributed by atoms with Crippen LogP contribution in [0.1, 0.15) is 12.5 Å². The normalized spacial score (nSPS) is 16.8. The van der Waals surface area contributed by atoms with Crippen molar-refractivity contribution >= 4 is 17.5 Å². The third-order valence-electron chi connectivity index (χ3n) is 3.48.